The van der Waals surface area contributed by atoms with Crippen LogP contribution in [0.3, 0.4) is 0 Å². The maximum atomic E-state index is 13.0. The van der Waals surface area contributed by atoms with E-state index in [1.165, 1.54) is 17.7 Å². The van der Waals surface area contributed by atoms with Gasteiger partial charge in [-0.1, -0.05) is 26.7 Å². The smallest absolute Gasteiger partial charge is 0.323 e. The molecule has 1 atom stereocenters. The van der Waals surface area contributed by atoms with E-state index in [4.69, 9.17) is 0 Å². The zero-order valence-electron chi connectivity index (χ0n) is 16.2. The van der Waals surface area contributed by atoms with Gasteiger partial charge in [-0.2, -0.15) is 11.3 Å². The molecule has 0 saturated carbocycles. The normalized spacial score (nSPS) is 25.3. The minimum absolute atomic E-state index is 0.0628. The minimum atomic E-state index is -0.756. The van der Waals surface area contributed by atoms with E-state index in [0.717, 1.165) is 44.0 Å². The van der Waals surface area contributed by atoms with Crippen molar-refractivity contribution in [2.75, 3.05) is 19.6 Å². The zero-order chi connectivity index (χ0) is 18.7. The first-order valence-corrected chi connectivity index (χ1v) is 10.8. The molecule has 1 aromatic rings. The monoisotopic (exact) mass is 377 g/mol. The number of carbonyl (C=O) groups is 2. The molecule has 2 saturated heterocycles. The van der Waals surface area contributed by atoms with Gasteiger partial charge in [0.15, 0.2) is 0 Å². The first kappa shape index (κ1) is 19.4. The van der Waals surface area contributed by atoms with Crippen molar-refractivity contribution in [3.8, 4) is 0 Å². The summed E-state index contributed by atoms with van der Waals surface area (Å²) in [6.45, 7) is 10.0. The molecule has 3 heterocycles. The molecule has 2 aliphatic heterocycles. The maximum Gasteiger partial charge on any atom is 0.325 e. The number of nitrogens with zero attached hydrogens (tertiary/aromatic N) is 2. The highest BCUT2D eigenvalue weighted by Crippen LogP contribution is 2.34. The molecule has 3 amide bonds. The highest BCUT2D eigenvalue weighted by atomic mass is 32.1. The summed E-state index contributed by atoms with van der Waals surface area (Å²) in [6, 6.07) is 1.72. The predicted octanol–water partition coefficient (Wildman–Crippen LogP) is 3.71. The van der Waals surface area contributed by atoms with E-state index in [2.05, 4.69) is 24.1 Å². The summed E-state index contributed by atoms with van der Waals surface area (Å²) >= 11 is 1.59. The standard InChI is InChI=1S/C20H31N3O2S/c1-4-15(5-2)12-22-9-6-17(7-10-22)20(3)18(24)23(19(25)21-20)13-16-8-11-26-14-16/h8,11,14-15,17H,4-7,9-10,12-13H2,1-3H3,(H,21,25)/t20-/m1/s1. The van der Waals surface area contributed by atoms with Gasteiger partial charge in [0.2, 0.25) is 0 Å². The van der Waals surface area contributed by atoms with Crippen LogP contribution in [0.4, 0.5) is 4.79 Å². The molecule has 0 unspecified atom stereocenters. The van der Waals surface area contributed by atoms with Crippen molar-refractivity contribution >= 4 is 23.3 Å². The Labute approximate surface area is 160 Å². The summed E-state index contributed by atoms with van der Waals surface area (Å²) in [5.74, 6) is 0.910. The van der Waals surface area contributed by atoms with E-state index >= 15 is 0 Å². The van der Waals surface area contributed by atoms with Crippen molar-refractivity contribution in [1.29, 1.82) is 0 Å². The highest BCUT2D eigenvalue weighted by molar-refractivity contribution is 7.07. The van der Waals surface area contributed by atoms with Crippen molar-refractivity contribution in [3.63, 3.8) is 0 Å². The average Bonchev–Trinajstić information content (AvgIpc) is 3.23. The van der Waals surface area contributed by atoms with Gasteiger partial charge in [0.25, 0.3) is 5.91 Å². The van der Waals surface area contributed by atoms with Gasteiger partial charge in [-0.25, -0.2) is 4.79 Å². The zero-order valence-corrected chi connectivity index (χ0v) is 17.0. The molecule has 1 aromatic heterocycles. The molecule has 0 bridgehead atoms. The Balaban J connectivity index is 1.61. The number of nitrogens with one attached hydrogen (secondary N) is 1. The van der Waals surface area contributed by atoms with Crippen LogP contribution >= 0.6 is 11.3 Å². The molecule has 26 heavy (non-hydrogen) atoms. The molecule has 5 nitrogen and oxygen atoms in total. The second kappa shape index (κ2) is 8.09. The van der Waals surface area contributed by atoms with Crippen molar-refractivity contribution in [3.05, 3.63) is 22.4 Å². The number of amides is 3. The van der Waals surface area contributed by atoms with Gasteiger partial charge in [-0.3, -0.25) is 9.69 Å². The molecule has 6 heteroatoms. The number of urea groups is 1. The summed E-state index contributed by atoms with van der Waals surface area (Å²) in [7, 11) is 0. The number of hydrogen-bond donors (Lipinski definition) is 1. The molecular formula is C20H31N3O2S. The number of rotatable bonds is 7. The van der Waals surface area contributed by atoms with Crippen LogP contribution in [0.5, 0.6) is 0 Å². The van der Waals surface area contributed by atoms with Gasteiger partial charge in [0, 0.05) is 6.54 Å². The first-order valence-electron chi connectivity index (χ1n) is 9.85. The third-order valence-electron chi connectivity index (χ3n) is 6.30. The Morgan fingerprint density at radius 3 is 2.54 bits per heavy atom. The van der Waals surface area contributed by atoms with Gasteiger partial charge in [-0.05, 0) is 67.1 Å². The van der Waals surface area contributed by atoms with Crippen molar-refractivity contribution in [2.24, 2.45) is 11.8 Å². The van der Waals surface area contributed by atoms with Gasteiger partial charge in [-0.15, -0.1) is 0 Å². The van der Waals surface area contributed by atoms with Crippen LogP contribution in [0.1, 0.15) is 52.0 Å². The topological polar surface area (TPSA) is 52.7 Å². The molecule has 1 N–H and O–H groups in total. The van der Waals surface area contributed by atoms with E-state index in [1.807, 2.05) is 23.8 Å². The summed E-state index contributed by atoms with van der Waals surface area (Å²) in [5, 5.41) is 6.98. The number of piperidine rings is 1. The number of likely N-dealkylation sites (tertiary alicyclic amines) is 1. The lowest BCUT2D eigenvalue weighted by Gasteiger charge is -2.39. The molecule has 3 rings (SSSR count). The number of carbonyl (C=O) groups excluding carboxylic acids is 2. The molecule has 0 aliphatic carbocycles. The summed E-state index contributed by atoms with van der Waals surface area (Å²) in [4.78, 5) is 29.4. The third kappa shape index (κ3) is 3.81. The van der Waals surface area contributed by atoms with Crippen LogP contribution in [0, 0.1) is 11.8 Å². The van der Waals surface area contributed by atoms with Crippen LogP contribution in [-0.2, 0) is 11.3 Å². The van der Waals surface area contributed by atoms with Crippen LogP contribution in [0.25, 0.3) is 0 Å². The Bertz CT molecular complexity index is 621. The van der Waals surface area contributed by atoms with E-state index < -0.39 is 5.54 Å². The summed E-state index contributed by atoms with van der Waals surface area (Å²) < 4.78 is 0. The third-order valence-corrected chi connectivity index (χ3v) is 7.03. The van der Waals surface area contributed by atoms with Crippen molar-refractivity contribution < 1.29 is 9.59 Å². The lowest BCUT2D eigenvalue weighted by Crippen LogP contribution is -2.54. The van der Waals surface area contributed by atoms with Crippen molar-refractivity contribution in [1.82, 2.24) is 15.1 Å². The molecule has 2 aliphatic rings. The fourth-order valence-electron chi connectivity index (χ4n) is 4.31. The van der Waals surface area contributed by atoms with Crippen LogP contribution < -0.4 is 5.32 Å². The Morgan fingerprint density at radius 1 is 1.27 bits per heavy atom. The highest BCUT2D eigenvalue weighted by Gasteiger charge is 2.52. The lowest BCUT2D eigenvalue weighted by molar-refractivity contribution is -0.133. The largest absolute Gasteiger partial charge is 0.325 e. The fourth-order valence-corrected chi connectivity index (χ4v) is 4.97. The fraction of sp³-hybridized carbons (Fsp3) is 0.700. The van der Waals surface area contributed by atoms with Crippen molar-refractivity contribution in [2.45, 2.75) is 58.5 Å². The van der Waals surface area contributed by atoms with E-state index in [1.54, 1.807) is 11.3 Å². The summed E-state index contributed by atoms with van der Waals surface area (Å²) in [6.07, 6.45) is 4.38. The quantitative estimate of drug-likeness (QED) is 0.737. The summed E-state index contributed by atoms with van der Waals surface area (Å²) in [5.41, 5.74) is 0.261. The van der Waals surface area contributed by atoms with Gasteiger partial charge >= 0.3 is 6.03 Å². The number of imide groups is 1. The van der Waals surface area contributed by atoms with Gasteiger partial charge in [0.1, 0.15) is 5.54 Å². The van der Waals surface area contributed by atoms with E-state index in [0.29, 0.717) is 6.54 Å². The molecule has 0 aromatic carbocycles. The van der Waals surface area contributed by atoms with Gasteiger partial charge in [0.05, 0.1) is 6.54 Å². The number of thiophene rings is 1. The van der Waals surface area contributed by atoms with Gasteiger partial charge < -0.3 is 10.2 Å². The first-order chi connectivity index (χ1) is 12.5. The van der Waals surface area contributed by atoms with Crippen LogP contribution in [0.2, 0.25) is 0 Å². The minimum Gasteiger partial charge on any atom is -0.323 e. The molecule has 0 radical (unpaired) electrons. The molecule has 144 valence electrons. The lowest BCUT2D eigenvalue weighted by atomic mass is 9.78. The van der Waals surface area contributed by atoms with Crippen LogP contribution in [0.15, 0.2) is 16.8 Å². The second-order valence-electron chi connectivity index (χ2n) is 7.91. The Hall–Kier alpha value is -1.40. The van der Waals surface area contributed by atoms with E-state index in [9.17, 15) is 9.59 Å². The average molecular weight is 378 g/mol. The maximum absolute atomic E-state index is 13.0. The van der Waals surface area contributed by atoms with E-state index in [-0.39, 0.29) is 17.9 Å². The molecule has 0 spiro atoms. The second-order valence-corrected chi connectivity index (χ2v) is 8.69. The molecule has 2 fully saturated rings. The van der Waals surface area contributed by atoms with Crippen LogP contribution in [-0.4, -0.2) is 46.9 Å². The Kier molecular flexibility index (Phi) is 6.03. The number of hydrogen-bond acceptors (Lipinski definition) is 4. The predicted molar refractivity (Wildman–Crippen MR) is 105 cm³/mol. The SMILES string of the molecule is CCC(CC)CN1CCC([C@@]2(C)NC(=O)N(Cc3ccsc3)C2=O)CC1. The Morgan fingerprint density at radius 2 is 1.96 bits per heavy atom. The molecular weight excluding hydrogens is 346 g/mol.